The summed E-state index contributed by atoms with van der Waals surface area (Å²) in [6.07, 6.45) is 5.89. The van der Waals surface area contributed by atoms with Gasteiger partial charge in [0.25, 0.3) is 0 Å². The van der Waals surface area contributed by atoms with Crippen LogP contribution >= 0.6 is 0 Å². The molecule has 1 N–H and O–H groups in total. The molecule has 0 aromatic carbocycles. The molecule has 0 aliphatic carbocycles. The summed E-state index contributed by atoms with van der Waals surface area (Å²) in [5.41, 5.74) is 1.32. The van der Waals surface area contributed by atoms with E-state index in [0.29, 0.717) is 0 Å². The molecule has 0 rings (SSSR count). The van der Waals surface area contributed by atoms with Crippen LogP contribution < -0.4 is 5.32 Å². The average molecular weight is 141 g/mol. The van der Waals surface area contributed by atoms with Gasteiger partial charge in [-0.25, -0.2) is 0 Å². The van der Waals surface area contributed by atoms with Crippen molar-refractivity contribution >= 4 is 0 Å². The van der Waals surface area contributed by atoms with E-state index in [2.05, 4.69) is 32.2 Å². The molecule has 0 saturated carbocycles. The zero-order valence-corrected chi connectivity index (χ0v) is 7.41. The van der Waals surface area contributed by atoms with Gasteiger partial charge in [-0.15, -0.1) is 0 Å². The lowest BCUT2D eigenvalue weighted by molar-refractivity contribution is 0.708. The molecule has 0 amide bonds. The van der Waals surface area contributed by atoms with Gasteiger partial charge in [-0.3, -0.25) is 0 Å². The second kappa shape index (κ2) is 6.66. The summed E-state index contributed by atoms with van der Waals surface area (Å²) in [5.74, 6) is 0. The minimum absolute atomic E-state index is 1.12. The molecule has 0 aliphatic heterocycles. The van der Waals surface area contributed by atoms with E-state index in [-0.39, 0.29) is 0 Å². The highest BCUT2D eigenvalue weighted by Crippen LogP contribution is 1.91. The molecule has 0 bridgehead atoms. The highest BCUT2D eigenvalue weighted by atomic mass is 14.9. The number of hydrogen-bond donors (Lipinski definition) is 1. The van der Waals surface area contributed by atoms with Gasteiger partial charge in [-0.1, -0.05) is 26.3 Å². The monoisotopic (exact) mass is 141 g/mol. The molecule has 0 aliphatic rings. The van der Waals surface area contributed by atoms with Crippen LogP contribution in [0, 0.1) is 0 Å². The van der Waals surface area contributed by atoms with Crippen molar-refractivity contribution in [3.8, 4) is 0 Å². The summed E-state index contributed by atoms with van der Waals surface area (Å²) in [5, 5.41) is 3.35. The van der Waals surface area contributed by atoms with Crippen molar-refractivity contribution in [3.63, 3.8) is 0 Å². The summed E-state index contributed by atoms with van der Waals surface area (Å²) >= 11 is 0. The molecule has 0 aromatic rings. The summed E-state index contributed by atoms with van der Waals surface area (Å²) in [6.45, 7) is 7.61. The maximum absolute atomic E-state index is 3.35. The number of hydrogen-bond acceptors (Lipinski definition) is 1. The summed E-state index contributed by atoms with van der Waals surface area (Å²) < 4.78 is 0. The first-order chi connectivity index (χ1) is 4.81. The lowest BCUT2D eigenvalue weighted by atomic mass is 10.3. The Hall–Kier alpha value is -0.460. The molecule has 0 saturated heterocycles. The van der Waals surface area contributed by atoms with Gasteiger partial charge in [-0.2, -0.15) is 0 Å². The number of nitrogens with one attached hydrogen (secondary N) is 1. The van der Waals surface area contributed by atoms with E-state index in [4.69, 9.17) is 0 Å². The van der Waals surface area contributed by atoms with Crippen LogP contribution in [-0.2, 0) is 0 Å². The Bertz CT molecular complexity index is 94.9. The smallest absolute Gasteiger partial charge is 0.0143 e. The van der Waals surface area contributed by atoms with E-state index < -0.39 is 0 Å². The Kier molecular flexibility index (Phi) is 6.35. The molecule has 0 radical (unpaired) electrons. The van der Waals surface area contributed by atoms with Gasteiger partial charge in [-0.05, 0) is 19.8 Å². The molecule has 0 atom stereocenters. The SMILES string of the molecule is CC/C=C(/C)NCCCC. The van der Waals surface area contributed by atoms with Crippen LogP contribution in [0.2, 0.25) is 0 Å². The van der Waals surface area contributed by atoms with Crippen LogP contribution in [0.25, 0.3) is 0 Å². The van der Waals surface area contributed by atoms with Gasteiger partial charge in [0.05, 0.1) is 0 Å². The van der Waals surface area contributed by atoms with Crippen molar-refractivity contribution in [1.29, 1.82) is 0 Å². The maximum atomic E-state index is 3.35. The molecular formula is C9H19N. The van der Waals surface area contributed by atoms with Gasteiger partial charge in [0, 0.05) is 12.2 Å². The predicted molar refractivity (Wildman–Crippen MR) is 47.0 cm³/mol. The summed E-state index contributed by atoms with van der Waals surface area (Å²) in [7, 11) is 0. The molecule has 1 heteroatoms. The highest BCUT2D eigenvalue weighted by molar-refractivity contribution is 4.93. The Morgan fingerprint density at radius 1 is 1.40 bits per heavy atom. The van der Waals surface area contributed by atoms with Crippen molar-refractivity contribution in [2.75, 3.05) is 6.54 Å². The van der Waals surface area contributed by atoms with Crippen LogP contribution in [0.3, 0.4) is 0 Å². The van der Waals surface area contributed by atoms with Gasteiger partial charge in [0.2, 0.25) is 0 Å². The Balaban J connectivity index is 3.21. The lowest BCUT2D eigenvalue weighted by Gasteiger charge is -2.03. The molecule has 0 fully saturated rings. The summed E-state index contributed by atoms with van der Waals surface area (Å²) in [6, 6.07) is 0. The second-order valence-corrected chi connectivity index (χ2v) is 2.58. The largest absolute Gasteiger partial charge is 0.389 e. The molecule has 10 heavy (non-hydrogen) atoms. The van der Waals surface area contributed by atoms with Gasteiger partial charge >= 0.3 is 0 Å². The van der Waals surface area contributed by atoms with Gasteiger partial charge in [0.1, 0.15) is 0 Å². The molecule has 0 spiro atoms. The van der Waals surface area contributed by atoms with Gasteiger partial charge < -0.3 is 5.32 Å². The lowest BCUT2D eigenvalue weighted by Crippen LogP contribution is -2.11. The molecule has 60 valence electrons. The van der Waals surface area contributed by atoms with Gasteiger partial charge in [0.15, 0.2) is 0 Å². The zero-order chi connectivity index (χ0) is 7.82. The number of unbranched alkanes of at least 4 members (excludes halogenated alkanes) is 1. The topological polar surface area (TPSA) is 12.0 Å². The molecule has 0 aromatic heterocycles. The standard InChI is InChI=1S/C9H19N/c1-4-6-8-10-9(3)7-5-2/h7,10H,4-6,8H2,1-3H3/b9-7-. The van der Waals surface area contributed by atoms with E-state index in [1.54, 1.807) is 0 Å². The van der Waals surface area contributed by atoms with E-state index in [9.17, 15) is 0 Å². The third kappa shape index (κ3) is 5.67. The van der Waals surface area contributed by atoms with Crippen LogP contribution in [0.4, 0.5) is 0 Å². The van der Waals surface area contributed by atoms with Crippen LogP contribution in [0.15, 0.2) is 11.8 Å². The minimum Gasteiger partial charge on any atom is -0.389 e. The van der Waals surface area contributed by atoms with Crippen molar-refractivity contribution in [3.05, 3.63) is 11.8 Å². The fourth-order valence-electron chi connectivity index (χ4n) is 0.841. The van der Waals surface area contributed by atoms with E-state index in [0.717, 1.165) is 13.0 Å². The molecule has 1 nitrogen and oxygen atoms in total. The van der Waals surface area contributed by atoms with Crippen LogP contribution in [0.1, 0.15) is 40.0 Å². The Morgan fingerprint density at radius 3 is 2.60 bits per heavy atom. The zero-order valence-electron chi connectivity index (χ0n) is 7.41. The predicted octanol–water partition coefficient (Wildman–Crippen LogP) is 2.69. The molecular weight excluding hydrogens is 122 g/mol. The molecule has 0 heterocycles. The van der Waals surface area contributed by atoms with Crippen molar-refractivity contribution < 1.29 is 0 Å². The normalized spacial score (nSPS) is 11.7. The van der Waals surface area contributed by atoms with E-state index in [1.165, 1.54) is 18.5 Å². The Morgan fingerprint density at radius 2 is 2.10 bits per heavy atom. The Labute approximate surface area is 64.5 Å². The first-order valence-electron chi connectivity index (χ1n) is 4.21. The fourth-order valence-corrected chi connectivity index (χ4v) is 0.841. The maximum Gasteiger partial charge on any atom is 0.0143 e. The first kappa shape index (κ1) is 9.54. The molecule has 0 unspecified atom stereocenters. The van der Waals surface area contributed by atoms with E-state index in [1.807, 2.05) is 0 Å². The fraction of sp³-hybridized carbons (Fsp3) is 0.778. The van der Waals surface area contributed by atoms with E-state index >= 15 is 0 Å². The second-order valence-electron chi connectivity index (χ2n) is 2.58. The summed E-state index contributed by atoms with van der Waals surface area (Å²) in [4.78, 5) is 0. The average Bonchev–Trinajstić information content (AvgIpc) is 1.89. The number of allylic oxidation sites excluding steroid dienone is 2. The highest BCUT2D eigenvalue weighted by Gasteiger charge is 1.84. The van der Waals surface area contributed by atoms with Crippen molar-refractivity contribution in [2.45, 2.75) is 40.0 Å². The quantitative estimate of drug-likeness (QED) is 0.580. The van der Waals surface area contributed by atoms with Crippen LogP contribution in [-0.4, -0.2) is 6.54 Å². The third-order valence-electron chi connectivity index (χ3n) is 1.44. The van der Waals surface area contributed by atoms with Crippen molar-refractivity contribution in [1.82, 2.24) is 5.32 Å². The van der Waals surface area contributed by atoms with Crippen molar-refractivity contribution in [2.24, 2.45) is 0 Å². The third-order valence-corrected chi connectivity index (χ3v) is 1.44. The minimum atomic E-state index is 1.12. The number of rotatable bonds is 5. The van der Waals surface area contributed by atoms with Crippen LogP contribution in [0.5, 0.6) is 0 Å². The first-order valence-corrected chi connectivity index (χ1v) is 4.21.